The van der Waals surface area contributed by atoms with Gasteiger partial charge in [0.15, 0.2) is 6.10 Å². The largest absolute Gasteiger partial charge is 0.481 e. The lowest BCUT2D eigenvalue weighted by Crippen LogP contribution is -2.30. The van der Waals surface area contributed by atoms with Crippen molar-refractivity contribution in [2.45, 2.75) is 40.7 Å². The molecule has 2 rings (SSSR count). The van der Waals surface area contributed by atoms with Crippen LogP contribution >= 0.6 is 0 Å². The van der Waals surface area contributed by atoms with E-state index in [-0.39, 0.29) is 5.91 Å². The predicted octanol–water partition coefficient (Wildman–Crippen LogP) is 4.33. The maximum Gasteiger partial charge on any atom is 0.265 e. The second-order valence-corrected chi connectivity index (χ2v) is 5.77. The highest BCUT2D eigenvalue weighted by Gasteiger charge is 2.17. The number of benzene rings is 2. The van der Waals surface area contributed by atoms with Crippen LogP contribution < -0.4 is 10.1 Å². The third-order valence-corrected chi connectivity index (χ3v) is 3.88. The van der Waals surface area contributed by atoms with Gasteiger partial charge in [0.05, 0.1) is 0 Å². The summed E-state index contributed by atoms with van der Waals surface area (Å²) in [5, 5.41) is 2.94. The topological polar surface area (TPSA) is 38.3 Å². The van der Waals surface area contributed by atoms with Gasteiger partial charge in [0.1, 0.15) is 5.75 Å². The number of carbonyl (C=O) groups is 1. The highest BCUT2D eigenvalue weighted by Crippen LogP contribution is 2.22. The minimum atomic E-state index is -0.555. The number of hydrogen-bond acceptors (Lipinski definition) is 2. The number of amides is 1. The number of anilines is 1. The van der Waals surface area contributed by atoms with Crippen LogP contribution in [0.5, 0.6) is 5.75 Å². The molecule has 1 N–H and O–H groups in total. The number of hydrogen-bond donors (Lipinski definition) is 1. The zero-order valence-electron chi connectivity index (χ0n) is 13.9. The van der Waals surface area contributed by atoms with Crippen molar-refractivity contribution in [3.05, 3.63) is 58.7 Å². The van der Waals surface area contributed by atoms with E-state index in [2.05, 4.69) is 5.32 Å². The Kier molecular flexibility index (Phi) is 4.86. The van der Waals surface area contributed by atoms with E-state index in [4.69, 9.17) is 4.74 Å². The van der Waals surface area contributed by atoms with Crippen molar-refractivity contribution in [1.29, 1.82) is 0 Å². The zero-order chi connectivity index (χ0) is 16.3. The van der Waals surface area contributed by atoms with Crippen molar-refractivity contribution in [1.82, 2.24) is 0 Å². The number of nitrogens with one attached hydrogen (secondary N) is 1. The summed E-state index contributed by atoms with van der Waals surface area (Å²) in [4.78, 5) is 12.3. The Morgan fingerprint density at radius 1 is 1.05 bits per heavy atom. The molecule has 3 heteroatoms. The van der Waals surface area contributed by atoms with Gasteiger partial charge in [-0.1, -0.05) is 24.3 Å². The second kappa shape index (κ2) is 6.65. The first-order valence-electron chi connectivity index (χ1n) is 7.49. The molecule has 0 radical (unpaired) electrons. The van der Waals surface area contributed by atoms with Crippen LogP contribution in [0.3, 0.4) is 0 Å². The van der Waals surface area contributed by atoms with Gasteiger partial charge in [-0.05, 0) is 69.0 Å². The molecule has 0 aromatic heterocycles. The second-order valence-electron chi connectivity index (χ2n) is 5.77. The van der Waals surface area contributed by atoms with Crippen molar-refractivity contribution >= 4 is 11.6 Å². The van der Waals surface area contributed by atoms with E-state index in [9.17, 15) is 4.79 Å². The summed E-state index contributed by atoms with van der Waals surface area (Å²) in [7, 11) is 0. The van der Waals surface area contributed by atoms with E-state index < -0.39 is 6.10 Å². The van der Waals surface area contributed by atoms with Crippen LogP contribution in [0, 0.1) is 27.7 Å². The number of rotatable bonds is 4. The summed E-state index contributed by atoms with van der Waals surface area (Å²) in [5.41, 5.74) is 5.21. The molecule has 0 spiro atoms. The molecule has 1 unspecified atom stereocenters. The maximum absolute atomic E-state index is 12.3. The fourth-order valence-corrected chi connectivity index (χ4v) is 2.20. The molecule has 22 heavy (non-hydrogen) atoms. The lowest BCUT2D eigenvalue weighted by Gasteiger charge is -2.18. The third kappa shape index (κ3) is 3.67. The first-order valence-corrected chi connectivity index (χ1v) is 7.49. The number of aryl methyl sites for hydroxylation is 3. The van der Waals surface area contributed by atoms with Crippen LogP contribution in [-0.4, -0.2) is 12.0 Å². The Labute approximate surface area is 132 Å². The zero-order valence-corrected chi connectivity index (χ0v) is 13.9. The molecule has 0 heterocycles. The smallest absolute Gasteiger partial charge is 0.265 e. The first-order chi connectivity index (χ1) is 10.4. The van der Waals surface area contributed by atoms with Gasteiger partial charge in [-0.25, -0.2) is 0 Å². The normalized spacial score (nSPS) is 11.9. The van der Waals surface area contributed by atoms with E-state index in [0.29, 0.717) is 0 Å². The Hall–Kier alpha value is -2.29. The average molecular weight is 297 g/mol. The van der Waals surface area contributed by atoms with E-state index in [1.165, 1.54) is 0 Å². The van der Waals surface area contributed by atoms with Crippen molar-refractivity contribution in [3.63, 3.8) is 0 Å². The molecular weight excluding hydrogens is 274 g/mol. The van der Waals surface area contributed by atoms with Gasteiger partial charge in [0.2, 0.25) is 0 Å². The third-order valence-electron chi connectivity index (χ3n) is 3.88. The van der Waals surface area contributed by atoms with Crippen molar-refractivity contribution in [2.24, 2.45) is 0 Å². The molecule has 0 fully saturated rings. The van der Waals surface area contributed by atoms with Crippen molar-refractivity contribution in [2.75, 3.05) is 5.32 Å². The van der Waals surface area contributed by atoms with Gasteiger partial charge in [0.25, 0.3) is 5.91 Å². The van der Waals surface area contributed by atoms with Crippen molar-refractivity contribution < 1.29 is 9.53 Å². The Morgan fingerprint density at radius 2 is 1.77 bits per heavy atom. The summed E-state index contributed by atoms with van der Waals surface area (Å²) in [6, 6.07) is 11.9. The van der Waals surface area contributed by atoms with E-state index in [0.717, 1.165) is 33.7 Å². The van der Waals surface area contributed by atoms with Crippen LogP contribution in [0.1, 0.15) is 29.2 Å². The lowest BCUT2D eigenvalue weighted by molar-refractivity contribution is -0.122. The number of ether oxygens (including phenoxy) is 1. The lowest BCUT2D eigenvalue weighted by atomic mass is 10.1. The van der Waals surface area contributed by atoms with Crippen molar-refractivity contribution in [3.8, 4) is 5.75 Å². The molecule has 1 amide bonds. The fourth-order valence-electron chi connectivity index (χ4n) is 2.20. The van der Waals surface area contributed by atoms with Crippen LogP contribution in [0.15, 0.2) is 36.4 Å². The summed E-state index contributed by atoms with van der Waals surface area (Å²) in [5.74, 6) is 0.609. The van der Waals surface area contributed by atoms with Crippen LogP contribution in [-0.2, 0) is 4.79 Å². The van der Waals surface area contributed by atoms with Gasteiger partial charge >= 0.3 is 0 Å². The SMILES string of the molecule is Cc1ccc(C)c(NC(=O)C(C)Oc2cccc(C)c2C)c1. The molecule has 2 aromatic carbocycles. The monoisotopic (exact) mass is 297 g/mol. The van der Waals surface area contributed by atoms with E-state index in [1.54, 1.807) is 6.92 Å². The fraction of sp³-hybridized carbons (Fsp3) is 0.316. The molecule has 0 aliphatic heterocycles. The van der Waals surface area contributed by atoms with E-state index >= 15 is 0 Å². The van der Waals surface area contributed by atoms with E-state index in [1.807, 2.05) is 64.1 Å². The molecular formula is C19H23NO2. The molecule has 0 saturated carbocycles. The molecule has 0 bridgehead atoms. The Morgan fingerprint density at radius 3 is 2.50 bits per heavy atom. The average Bonchev–Trinajstić information content (AvgIpc) is 2.47. The number of carbonyl (C=O) groups excluding carboxylic acids is 1. The summed E-state index contributed by atoms with van der Waals surface area (Å²) in [6.07, 6.45) is -0.555. The van der Waals surface area contributed by atoms with Gasteiger partial charge in [-0.2, -0.15) is 0 Å². The first kappa shape index (κ1) is 16.1. The highest BCUT2D eigenvalue weighted by molar-refractivity contribution is 5.94. The predicted molar refractivity (Wildman–Crippen MR) is 90.6 cm³/mol. The summed E-state index contributed by atoms with van der Waals surface area (Å²) in [6.45, 7) is 9.78. The Balaban J connectivity index is 2.09. The standard InChI is InChI=1S/C19H23NO2/c1-12-9-10-14(3)17(11-12)20-19(21)16(5)22-18-8-6-7-13(2)15(18)4/h6-11,16H,1-5H3,(H,20,21). The Bertz CT molecular complexity index is 692. The quantitative estimate of drug-likeness (QED) is 0.912. The molecule has 0 saturated heterocycles. The van der Waals surface area contributed by atoms with Gasteiger partial charge < -0.3 is 10.1 Å². The van der Waals surface area contributed by atoms with Gasteiger partial charge in [-0.15, -0.1) is 0 Å². The van der Waals surface area contributed by atoms with Gasteiger partial charge in [0, 0.05) is 5.69 Å². The summed E-state index contributed by atoms with van der Waals surface area (Å²) < 4.78 is 5.82. The minimum absolute atomic E-state index is 0.144. The van der Waals surface area contributed by atoms with Crippen LogP contribution in [0.4, 0.5) is 5.69 Å². The molecule has 1 atom stereocenters. The van der Waals surface area contributed by atoms with Gasteiger partial charge in [-0.3, -0.25) is 4.79 Å². The molecule has 0 aliphatic rings. The maximum atomic E-state index is 12.3. The molecule has 0 aliphatic carbocycles. The molecule has 2 aromatic rings. The molecule has 3 nitrogen and oxygen atoms in total. The molecule has 116 valence electrons. The van der Waals surface area contributed by atoms with Crippen LogP contribution in [0.2, 0.25) is 0 Å². The van der Waals surface area contributed by atoms with Crippen LogP contribution in [0.25, 0.3) is 0 Å². The minimum Gasteiger partial charge on any atom is -0.481 e. The summed E-state index contributed by atoms with van der Waals surface area (Å²) >= 11 is 0. The highest BCUT2D eigenvalue weighted by atomic mass is 16.5.